The van der Waals surface area contributed by atoms with E-state index in [0.29, 0.717) is 0 Å². The van der Waals surface area contributed by atoms with Crippen molar-refractivity contribution in [2.75, 3.05) is 0 Å². The summed E-state index contributed by atoms with van der Waals surface area (Å²) in [4.78, 5) is 0. The molecule has 128 valence electrons. The van der Waals surface area contributed by atoms with Crippen molar-refractivity contribution in [3.63, 3.8) is 0 Å². The Kier molecular flexibility index (Phi) is 7.51. The van der Waals surface area contributed by atoms with E-state index in [1.807, 2.05) is 0 Å². The summed E-state index contributed by atoms with van der Waals surface area (Å²) in [5, 5.41) is 1.32. The van der Waals surface area contributed by atoms with Crippen molar-refractivity contribution in [3.05, 3.63) is 29.8 Å². The molecule has 0 spiro atoms. The summed E-state index contributed by atoms with van der Waals surface area (Å²) in [6.45, 7) is 9.17. The number of rotatable bonds is 10. The molecule has 0 bridgehead atoms. The Morgan fingerprint density at radius 1 is 0.826 bits per heavy atom. The van der Waals surface area contributed by atoms with E-state index >= 15 is 0 Å². The van der Waals surface area contributed by atoms with Gasteiger partial charge in [0.25, 0.3) is 0 Å². The number of benzene rings is 1. The van der Waals surface area contributed by atoms with Gasteiger partial charge in [-0.1, -0.05) is 0 Å². The molecular weight excluding hydrogens is 387 g/mol. The molecule has 2 rings (SSSR count). The summed E-state index contributed by atoms with van der Waals surface area (Å²) in [6.07, 6.45) is 8.11. The Morgan fingerprint density at radius 3 is 1.91 bits per heavy atom. The zero-order valence-corrected chi connectivity index (χ0v) is 18.4. The van der Waals surface area contributed by atoms with Crippen molar-refractivity contribution in [2.24, 2.45) is 0 Å². The van der Waals surface area contributed by atoms with Gasteiger partial charge in [0.2, 0.25) is 0 Å². The molecule has 0 aliphatic rings. The van der Waals surface area contributed by atoms with E-state index in [1.165, 1.54) is 66.6 Å². The van der Waals surface area contributed by atoms with Crippen LogP contribution in [0.15, 0.2) is 28.7 Å². The molecule has 0 N–H and O–H groups in total. The molecule has 0 saturated carbocycles. The fraction of sp³-hybridized carbons (Fsp3) is 0.619. The van der Waals surface area contributed by atoms with Crippen molar-refractivity contribution in [2.45, 2.75) is 79.5 Å². The number of unbranched alkanes of at least 4 members (excludes halogenated alkanes) is 3. The van der Waals surface area contributed by atoms with Crippen molar-refractivity contribution < 1.29 is 4.42 Å². The van der Waals surface area contributed by atoms with Crippen LogP contribution in [0.5, 0.6) is 0 Å². The second kappa shape index (κ2) is 9.15. The van der Waals surface area contributed by atoms with Crippen LogP contribution in [0, 0.1) is 6.92 Å². The number of hydrogen-bond donors (Lipinski definition) is 0. The van der Waals surface area contributed by atoms with Gasteiger partial charge in [0.15, 0.2) is 0 Å². The molecule has 0 fully saturated rings. The van der Waals surface area contributed by atoms with Crippen LogP contribution in [0.4, 0.5) is 0 Å². The average Bonchev–Trinajstić information content (AvgIpc) is 2.98. The molecule has 0 aliphatic carbocycles. The molecule has 1 aromatic carbocycles. The maximum absolute atomic E-state index is 6.47. The van der Waals surface area contributed by atoms with Crippen LogP contribution >= 0.6 is 0 Å². The van der Waals surface area contributed by atoms with Crippen LogP contribution in [0.2, 0.25) is 13.3 Å². The number of fused-ring (bicyclic) bond motifs is 1. The molecule has 1 nitrogen and oxygen atoms in total. The quantitative estimate of drug-likeness (QED) is 0.385. The van der Waals surface area contributed by atoms with E-state index in [1.54, 1.807) is 0 Å². The summed E-state index contributed by atoms with van der Waals surface area (Å²) in [6, 6.07) is 9.07. The number of hydrogen-bond acceptors (Lipinski definition) is 1. The molecule has 2 heteroatoms. The Hall–Kier alpha value is -0.441. The fourth-order valence-electron chi connectivity index (χ4n) is 3.71. The van der Waals surface area contributed by atoms with Gasteiger partial charge in [-0.05, 0) is 0 Å². The van der Waals surface area contributed by atoms with Gasteiger partial charge < -0.3 is 0 Å². The van der Waals surface area contributed by atoms with Crippen molar-refractivity contribution >= 4 is 33.1 Å². The topological polar surface area (TPSA) is 13.1 Å². The second-order valence-corrected chi connectivity index (χ2v) is 20.2. The molecule has 0 aliphatic heterocycles. The van der Waals surface area contributed by atoms with Gasteiger partial charge >= 0.3 is 147 Å². The van der Waals surface area contributed by atoms with Crippen LogP contribution in [0.25, 0.3) is 11.0 Å². The third kappa shape index (κ3) is 4.78. The van der Waals surface area contributed by atoms with E-state index in [2.05, 4.69) is 52.0 Å². The zero-order valence-electron chi connectivity index (χ0n) is 15.6. The van der Waals surface area contributed by atoms with Gasteiger partial charge in [0.1, 0.15) is 0 Å². The molecule has 1 aromatic heterocycles. The SMILES string of the molecule is CCC[CH2][Sn]([CH2]CCC)([CH2]CCC)[c]1cc2cc(C)ccc2o1. The Balaban J connectivity index is 2.41. The first-order chi connectivity index (χ1) is 11.1. The summed E-state index contributed by atoms with van der Waals surface area (Å²) >= 11 is -2.40. The first-order valence-corrected chi connectivity index (χ1v) is 17.1. The van der Waals surface area contributed by atoms with E-state index < -0.39 is 18.4 Å². The molecule has 2 aromatic rings. The van der Waals surface area contributed by atoms with Gasteiger partial charge in [-0.2, -0.15) is 0 Å². The van der Waals surface area contributed by atoms with Crippen LogP contribution in [-0.2, 0) is 0 Å². The normalized spacial score (nSPS) is 12.2. The van der Waals surface area contributed by atoms with Gasteiger partial charge in [0.05, 0.1) is 0 Å². The Labute approximate surface area is 146 Å². The summed E-state index contributed by atoms with van der Waals surface area (Å²) in [5.74, 6) is 0. The third-order valence-corrected chi connectivity index (χ3v) is 20.1. The molecular formula is C21H34OSn. The summed E-state index contributed by atoms with van der Waals surface area (Å²) in [7, 11) is 0. The van der Waals surface area contributed by atoms with Gasteiger partial charge in [0, 0.05) is 0 Å². The molecule has 23 heavy (non-hydrogen) atoms. The fourth-order valence-corrected chi connectivity index (χ4v) is 19.0. The predicted octanol–water partition coefficient (Wildman–Crippen LogP) is 6.80. The molecule has 0 amide bonds. The van der Waals surface area contributed by atoms with Crippen LogP contribution in [0.3, 0.4) is 0 Å². The maximum atomic E-state index is 6.47. The predicted molar refractivity (Wildman–Crippen MR) is 105 cm³/mol. The van der Waals surface area contributed by atoms with E-state index in [9.17, 15) is 0 Å². The van der Waals surface area contributed by atoms with Gasteiger partial charge in [-0.15, -0.1) is 0 Å². The van der Waals surface area contributed by atoms with Gasteiger partial charge in [-0.25, -0.2) is 0 Å². The summed E-state index contributed by atoms with van der Waals surface area (Å²) in [5.41, 5.74) is 2.44. The standard InChI is InChI=1S/C9H7O.3C4H9.Sn/c1-7-2-3-9-8(6-7)4-5-10-9;3*1-3-4-2;/h2-4,6H,1H3;3*1,3-4H2,2H3;. The van der Waals surface area contributed by atoms with Crippen molar-refractivity contribution in [1.82, 2.24) is 0 Å². The van der Waals surface area contributed by atoms with Crippen molar-refractivity contribution in [1.29, 1.82) is 0 Å². The minimum atomic E-state index is -2.40. The van der Waals surface area contributed by atoms with E-state index in [-0.39, 0.29) is 0 Å². The van der Waals surface area contributed by atoms with E-state index in [0.717, 1.165) is 5.58 Å². The average molecular weight is 421 g/mol. The first-order valence-electron chi connectivity index (χ1n) is 9.66. The molecule has 0 unspecified atom stereocenters. The number of aryl methyl sites for hydroxylation is 1. The van der Waals surface area contributed by atoms with E-state index in [4.69, 9.17) is 4.42 Å². The molecule has 1 heterocycles. The zero-order chi connectivity index (χ0) is 16.7. The molecule has 0 atom stereocenters. The van der Waals surface area contributed by atoms with Gasteiger partial charge in [-0.3, -0.25) is 0 Å². The Morgan fingerprint density at radius 2 is 1.39 bits per heavy atom. The summed E-state index contributed by atoms with van der Waals surface area (Å²) < 4.78 is 12.4. The minimum absolute atomic E-state index is 1.11. The third-order valence-electron chi connectivity index (χ3n) is 5.22. The van der Waals surface area contributed by atoms with Crippen LogP contribution in [-0.4, -0.2) is 18.4 Å². The van der Waals surface area contributed by atoms with Crippen LogP contribution < -0.4 is 3.78 Å². The second-order valence-electron chi connectivity index (χ2n) is 7.24. The first kappa shape index (κ1) is 18.9. The van der Waals surface area contributed by atoms with Crippen LogP contribution in [0.1, 0.15) is 64.9 Å². The number of furan rings is 1. The Bertz CT molecular complexity index is 577. The monoisotopic (exact) mass is 422 g/mol. The molecule has 0 saturated heterocycles. The van der Waals surface area contributed by atoms with Crippen molar-refractivity contribution in [3.8, 4) is 0 Å². The molecule has 0 radical (unpaired) electrons.